The van der Waals surface area contributed by atoms with Crippen LogP contribution < -0.4 is 5.32 Å². The predicted molar refractivity (Wildman–Crippen MR) is 68.2 cm³/mol. The molecule has 1 saturated heterocycles. The van der Waals surface area contributed by atoms with Crippen molar-refractivity contribution < 1.29 is 0 Å². The highest BCUT2D eigenvalue weighted by atomic mass is 15.1. The number of aromatic nitrogens is 4. The molecule has 1 N–H and O–H groups in total. The Morgan fingerprint density at radius 3 is 2.94 bits per heavy atom. The summed E-state index contributed by atoms with van der Waals surface area (Å²) in [4.78, 5) is 12.5. The van der Waals surface area contributed by atoms with Gasteiger partial charge in [0.2, 0.25) is 0 Å². The summed E-state index contributed by atoms with van der Waals surface area (Å²) in [5.41, 5.74) is 2.35. The Morgan fingerprint density at radius 1 is 1.28 bits per heavy atom. The van der Waals surface area contributed by atoms with Crippen molar-refractivity contribution in [1.29, 1.82) is 0 Å². The van der Waals surface area contributed by atoms with Crippen molar-refractivity contribution >= 4 is 0 Å². The van der Waals surface area contributed by atoms with Gasteiger partial charge in [0.25, 0.3) is 0 Å². The third-order valence-electron chi connectivity index (χ3n) is 3.48. The minimum Gasteiger partial charge on any atom is -0.328 e. The van der Waals surface area contributed by atoms with Crippen molar-refractivity contribution in [3.63, 3.8) is 0 Å². The molecule has 3 heterocycles. The lowest BCUT2D eigenvalue weighted by molar-refractivity contribution is 0.442. The van der Waals surface area contributed by atoms with Crippen LogP contribution in [0, 0.1) is 0 Å². The summed E-state index contributed by atoms with van der Waals surface area (Å²) in [5, 5.41) is 3.40. The molecule has 0 aromatic carbocycles. The third-order valence-corrected chi connectivity index (χ3v) is 3.48. The molecular formula is C13H17N5. The molecule has 0 radical (unpaired) electrons. The molecule has 0 saturated carbocycles. The maximum Gasteiger partial charge on any atom is 0.115 e. The third kappa shape index (κ3) is 2.41. The first-order valence-corrected chi connectivity index (χ1v) is 6.39. The predicted octanol–water partition coefficient (Wildman–Crippen LogP) is 1.19. The molecule has 5 nitrogen and oxygen atoms in total. The van der Waals surface area contributed by atoms with E-state index in [0.29, 0.717) is 5.92 Å². The van der Waals surface area contributed by atoms with Gasteiger partial charge in [0.15, 0.2) is 0 Å². The summed E-state index contributed by atoms with van der Waals surface area (Å²) in [7, 11) is 0. The Hall–Kier alpha value is -1.75. The van der Waals surface area contributed by atoms with Crippen molar-refractivity contribution in [2.45, 2.75) is 25.3 Å². The van der Waals surface area contributed by atoms with Gasteiger partial charge in [-0.2, -0.15) is 0 Å². The van der Waals surface area contributed by atoms with Crippen LogP contribution >= 0.6 is 0 Å². The molecule has 0 bridgehead atoms. The molecule has 0 amide bonds. The summed E-state index contributed by atoms with van der Waals surface area (Å²) in [6.07, 6.45) is 9.65. The average molecular weight is 243 g/mol. The van der Waals surface area contributed by atoms with Crippen LogP contribution in [0.25, 0.3) is 0 Å². The molecular weight excluding hydrogens is 226 g/mol. The van der Waals surface area contributed by atoms with E-state index in [1.807, 2.05) is 18.6 Å². The number of imidazole rings is 1. The topological polar surface area (TPSA) is 55.6 Å². The number of rotatable bonds is 3. The number of piperidine rings is 1. The molecule has 18 heavy (non-hydrogen) atoms. The number of hydrogen-bond donors (Lipinski definition) is 1. The van der Waals surface area contributed by atoms with E-state index in [9.17, 15) is 0 Å². The van der Waals surface area contributed by atoms with Crippen molar-refractivity contribution in [2.24, 2.45) is 0 Å². The highest BCUT2D eigenvalue weighted by Gasteiger charge is 2.18. The SMILES string of the molecule is c1cc(Cn2cncc2C2CCNCC2)ncn1. The van der Waals surface area contributed by atoms with Crippen molar-refractivity contribution in [1.82, 2.24) is 24.8 Å². The quantitative estimate of drug-likeness (QED) is 0.879. The van der Waals surface area contributed by atoms with E-state index < -0.39 is 0 Å². The highest BCUT2D eigenvalue weighted by Crippen LogP contribution is 2.25. The van der Waals surface area contributed by atoms with Crippen LogP contribution in [-0.2, 0) is 6.54 Å². The van der Waals surface area contributed by atoms with E-state index in [2.05, 4.69) is 24.8 Å². The van der Waals surface area contributed by atoms with E-state index in [-0.39, 0.29) is 0 Å². The first-order chi connectivity index (χ1) is 8.93. The Morgan fingerprint density at radius 2 is 2.17 bits per heavy atom. The monoisotopic (exact) mass is 243 g/mol. The molecule has 94 valence electrons. The van der Waals surface area contributed by atoms with E-state index in [1.165, 1.54) is 18.5 Å². The lowest BCUT2D eigenvalue weighted by Gasteiger charge is -2.23. The highest BCUT2D eigenvalue weighted by molar-refractivity contribution is 5.10. The normalized spacial score (nSPS) is 16.9. The zero-order valence-corrected chi connectivity index (χ0v) is 10.3. The Balaban J connectivity index is 1.78. The summed E-state index contributed by atoms with van der Waals surface area (Å²) >= 11 is 0. The van der Waals surface area contributed by atoms with Crippen molar-refractivity contribution in [3.05, 3.63) is 42.5 Å². The molecule has 0 spiro atoms. The van der Waals surface area contributed by atoms with Gasteiger partial charge in [-0.25, -0.2) is 15.0 Å². The second-order valence-electron chi connectivity index (χ2n) is 4.67. The minimum atomic E-state index is 0.621. The Kier molecular flexibility index (Phi) is 3.32. The molecule has 1 fully saturated rings. The lowest BCUT2D eigenvalue weighted by atomic mass is 9.95. The molecule has 1 aliphatic heterocycles. The summed E-state index contributed by atoms with van der Waals surface area (Å²) in [6, 6.07) is 1.95. The Labute approximate surface area is 106 Å². The largest absolute Gasteiger partial charge is 0.328 e. The second kappa shape index (κ2) is 5.27. The van der Waals surface area contributed by atoms with Crippen LogP contribution in [0.3, 0.4) is 0 Å². The van der Waals surface area contributed by atoms with Crippen LogP contribution in [0.4, 0.5) is 0 Å². The molecule has 0 atom stereocenters. The number of nitrogens with one attached hydrogen (secondary N) is 1. The average Bonchev–Trinajstić information content (AvgIpc) is 2.89. The van der Waals surface area contributed by atoms with Gasteiger partial charge in [-0.1, -0.05) is 0 Å². The molecule has 0 aliphatic carbocycles. The van der Waals surface area contributed by atoms with Gasteiger partial charge in [-0.3, -0.25) is 0 Å². The molecule has 3 rings (SSSR count). The zero-order chi connectivity index (χ0) is 12.2. The zero-order valence-electron chi connectivity index (χ0n) is 10.3. The van der Waals surface area contributed by atoms with Crippen LogP contribution in [0.15, 0.2) is 31.1 Å². The fraction of sp³-hybridized carbons (Fsp3) is 0.462. The molecule has 2 aromatic heterocycles. The van der Waals surface area contributed by atoms with Crippen LogP contribution in [0.2, 0.25) is 0 Å². The number of nitrogens with zero attached hydrogens (tertiary/aromatic N) is 4. The molecule has 0 unspecified atom stereocenters. The van der Waals surface area contributed by atoms with E-state index in [4.69, 9.17) is 0 Å². The van der Waals surface area contributed by atoms with E-state index in [1.54, 1.807) is 12.5 Å². The summed E-state index contributed by atoms with van der Waals surface area (Å²) < 4.78 is 2.21. The van der Waals surface area contributed by atoms with Gasteiger partial charge in [-0.15, -0.1) is 0 Å². The minimum absolute atomic E-state index is 0.621. The standard InChI is InChI=1S/C13H17N5/c1-4-14-5-2-11(1)13-7-16-10-18(13)8-12-3-6-15-9-17-12/h3,6-7,9-11,14H,1-2,4-5,8H2. The fourth-order valence-electron chi connectivity index (χ4n) is 2.51. The van der Waals surface area contributed by atoms with Crippen molar-refractivity contribution in [3.8, 4) is 0 Å². The lowest BCUT2D eigenvalue weighted by Crippen LogP contribution is -2.27. The van der Waals surface area contributed by atoms with E-state index >= 15 is 0 Å². The maximum atomic E-state index is 4.29. The molecule has 2 aromatic rings. The number of hydrogen-bond acceptors (Lipinski definition) is 4. The van der Waals surface area contributed by atoms with Gasteiger partial charge in [0.1, 0.15) is 6.33 Å². The van der Waals surface area contributed by atoms with Gasteiger partial charge >= 0.3 is 0 Å². The van der Waals surface area contributed by atoms with Crippen LogP contribution in [0.5, 0.6) is 0 Å². The Bertz CT molecular complexity index is 487. The van der Waals surface area contributed by atoms with Gasteiger partial charge in [0, 0.05) is 24.0 Å². The van der Waals surface area contributed by atoms with Gasteiger partial charge in [-0.05, 0) is 32.0 Å². The summed E-state index contributed by atoms with van der Waals surface area (Å²) in [6.45, 7) is 2.98. The molecule has 1 aliphatic rings. The second-order valence-corrected chi connectivity index (χ2v) is 4.67. The van der Waals surface area contributed by atoms with Gasteiger partial charge < -0.3 is 9.88 Å². The van der Waals surface area contributed by atoms with Crippen LogP contribution in [-0.4, -0.2) is 32.6 Å². The first kappa shape index (κ1) is 11.3. The molecule has 5 heteroatoms. The van der Waals surface area contributed by atoms with Crippen molar-refractivity contribution in [2.75, 3.05) is 13.1 Å². The maximum absolute atomic E-state index is 4.29. The fourth-order valence-corrected chi connectivity index (χ4v) is 2.51. The van der Waals surface area contributed by atoms with Crippen LogP contribution in [0.1, 0.15) is 30.1 Å². The summed E-state index contributed by atoms with van der Waals surface area (Å²) in [5.74, 6) is 0.621. The first-order valence-electron chi connectivity index (χ1n) is 6.39. The van der Waals surface area contributed by atoms with E-state index in [0.717, 1.165) is 25.3 Å². The smallest absolute Gasteiger partial charge is 0.115 e. The van der Waals surface area contributed by atoms with Gasteiger partial charge in [0.05, 0.1) is 18.6 Å².